The Morgan fingerprint density at radius 3 is 2.20 bits per heavy atom. The molecule has 0 amide bonds. The Kier molecular flexibility index (Phi) is 6.84. The van der Waals surface area contributed by atoms with E-state index >= 15 is 0 Å². The largest absolute Gasteiger partial charge is 0.488 e. The first-order valence-electron chi connectivity index (χ1n) is 9.95. The Morgan fingerprint density at radius 2 is 1.68 bits per heavy atom. The van der Waals surface area contributed by atoms with E-state index in [-0.39, 0.29) is 11.6 Å². The normalized spacial score (nSPS) is 23.1. The minimum Gasteiger partial charge on any atom is -0.488 e. The van der Waals surface area contributed by atoms with Gasteiger partial charge in [-0.3, -0.25) is 4.90 Å². The Bertz CT molecular complexity index is 519. The fourth-order valence-electron chi connectivity index (χ4n) is 4.13. The zero-order valence-corrected chi connectivity index (χ0v) is 17.2. The van der Waals surface area contributed by atoms with Gasteiger partial charge in [0.05, 0.1) is 24.5 Å². The van der Waals surface area contributed by atoms with E-state index in [2.05, 4.69) is 39.5 Å². The minimum atomic E-state index is 0.102. The van der Waals surface area contributed by atoms with Crippen molar-refractivity contribution in [2.24, 2.45) is 5.92 Å². The Morgan fingerprint density at radius 1 is 1.08 bits per heavy atom. The summed E-state index contributed by atoms with van der Waals surface area (Å²) in [5, 5.41) is 0. The van der Waals surface area contributed by atoms with Gasteiger partial charge in [-0.05, 0) is 59.8 Å². The van der Waals surface area contributed by atoms with Crippen LogP contribution in [0.15, 0.2) is 12.4 Å². The standard InChI is InChI=1S/C21H37N3O/c1-15(2)12-17-10-8-9-11-19(24(17)21(5,6)7)20-22-13-18(14-23-20)25-16(3)4/h13-17,19H,8-12H2,1-7H3/t17-,19?/m1/s1. The summed E-state index contributed by atoms with van der Waals surface area (Å²) >= 11 is 0. The first-order valence-corrected chi connectivity index (χ1v) is 9.95. The highest BCUT2D eigenvalue weighted by Gasteiger charge is 2.38. The molecule has 0 spiro atoms. The van der Waals surface area contributed by atoms with Crippen LogP contribution in [-0.4, -0.2) is 32.6 Å². The summed E-state index contributed by atoms with van der Waals surface area (Å²) in [6.45, 7) is 15.7. The molecule has 2 heterocycles. The molecular formula is C21H37N3O. The molecule has 0 saturated carbocycles. The van der Waals surface area contributed by atoms with Crippen LogP contribution in [0.1, 0.15) is 92.4 Å². The topological polar surface area (TPSA) is 38.3 Å². The van der Waals surface area contributed by atoms with E-state index < -0.39 is 0 Å². The first kappa shape index (κ1) is 20.2. The zero-order chi connectivity index (χ0) is 18.6. The maximum atomic E-state index is 5.71. The summed E-state index contributed by atoms with van der Waals surface area (Å²) in [6.07, 6.45) is 10.0. The average molecular weight is 348 g/mol. The highest BCUT2D eigenvalue weighted by atomic mass is 16.5. The van der Waals surface area contributed by atoms with Gasteiger partial charge >= 0.3 is 0 Å². The van der Waals surface area contributed by atoms with Gasteiger partial charge in [0.2, 0.25) is 0 Å². The molecule has 2 rings (SSSR count). The number of likely N-dealkylation sites (tertiary alicyclic amines) is 1. The summed E-state index contributed by atoms with van der Waals surface area (Å²) in [6, 6.07) is 0.891. The summed E-state index contributed by atoms with van der Waals surface area (Å²) in [7, 11) is 0. The molecule has 0 aromatic carbocycles. The lowest BCUT2D eigenvalue weighted by atomic mass is 9.92. The van der Waals surface area contributed by atoms with Gasteiger partial charge in [-0.2, -0.15) is 0 Å². The molecule has 2 atom stereocenters. The van der Waals surface area contributed by atoms with Crippen molar-refractivity contribution in [3.05, 3.63) is 18.2 Å². The van der Waals surface area contributed by atoms with Gasteiger partial charge in [0.1, 0.15) is 5.82 Å². The average Bonchev–Trinajstić information content (AvgIpc) is 2.69. The number of rotatable bonds is 5. The van der Waals surface area contributed by atoms with E-state index in [0.29, 0.717) is 18.0 Å². The zero-order valence-electron chi connectivity index (χ0n) is 17.2. The van der Waals surface area contributed by atoms with Crippen molar-refractivity contribution in [1.82, 2.24) is 14.9 Å². The predicted molar refractivity (Wildman–Crippen MR) is 104 cm³/mol. The maximum absolute atomic E-state index is 5.71. The fourth-order valence-corrected chi connectivity index (χ4v) is 4.13. The molecule has 1 unspecified atom stereocenters. The number of ether oxygens (including phenoxy) is 1. The molecule has 1 aliphatic heterocycles. The SMILES string of the molecule is CC(C)C[C@H]1CCCCC(c2ncc(OC(C)C)cn2)N1C(C)(C)C. The second-order valence-corrected chi connectivity index (χ2v) is 9.11. The van der Waals surface area contributed by atoms with Crippen LogP contribution in [0.5, 0.6) is 5.75 Å². The van der Waals surface area contributed by atoms with Crippen LogP contribution in [0.4, 0.5) is 0 Å². The van der Waals surface area contributed by atoms with Crippen molar-refractivity contribution < 1.29 is 4.74 Å². The van der Waals surface area contributed by atoms with Crippen LogP contribution in [0.3, 0.4) is 0 Å². The molecular weight excluding hydrogens is 310 g/mol. The fraction of sp³-hybridized carbons (Fsp3) is 0.810. The third-order valence-corrected chi connectivity index (χ3v) is 4.83. The summed E-state index contributed by atoms with van der Waals surface area (Å²) in [4.78, 5) is 12.1. The molecule has 0 N–H and O–H groups in total. The van der Waals surface area contributed by atoms with Gasteiger partial charge < -0.3 is 4.74 Å². The summed E-state index contributed by atoms with van der Waals surface area (Å²) in [5.41, 5.74) is 0.102. The lowest BCUT2D eigenvalue weighted by Gasteiger charge is -2.45. The maximum Gasteiger partial charge on any atom is 0.156 e. The molecule has 4 nitrogen and oxygen atoms in total. The molecule has 0 aliphatic carbocycles. The van der Waals surface area contributed by atoms with Gasteiger partial charge in [-0.1, -0.05) is 26.7 Å². The van der Waals surface area contributed by atoms with Crippen molar-refractivity contribution in [3.63, 3.8) is 0 Å². The van der Waals surface area contributed by atoms with Gasteiger partial charge in [0.15, 0.2) is 5.75 Å². The van der Waals surface area contributed by atoms with Crippen molar-refractivity contribution in [2.45, 2.75) is 104 Å². The van der Waals surface area contributed by atoms with E-state index in [0.717, 1.165) is 18.0 Å². The second kappa shape index (κ2) is 8.48. The lowest BCUT2D eigenvalue weighted by Crippen LogP contribution is -2.50. The molecule has 1 aromatic heterocycles. The molecule has 1 aliphatic rings. The smallest absolute Gasteiger partial charge is 0.156 e. The molecule has 0 bridgehead atoms. The van der Waals surface area contributed by atoms with Gasteiger partial charge in [-0.15, -0.1) is 0 Å². The Hall–Kier alpha value is -1.16. The van der Waals surface area contributed by atoms with E-state index in [1.165, 1.54) is 25.7 Å². The molecule has 1 fully saturated rings. The van der Waals surface area contributed by atoms with E-state index in [1.54, 1.807) is 0 Å². The summed E-state index contributed by atoms with van der Waals surface area (Å²) in [5.74, 6) is 2.41. The molecule has 0 radical (unpaired) electrons. The molecule has 1 aromatic rings. The summed E-state index contributed by atoms with van der Waals surface area (Å²) < 4.78 is 5.71. The van der Waals surface area contributed by atoms with E-state index in [9.17, 15) is 0 Å². The van der Waals surface area contributed by atoms with Crippen LogP contribution in [0.25, 0.3) is 0 Å². The lowest BCUT2D eigenvalue weighted by molar-refractivity contribution is 0.0215. The third-order valence-electron chi connectivity index (χ3n) is 4.83. The number of hydrogen-bond donors (Lipinski definition) is 0. The first-order chi connectivity index (χ1) is 11.7. The quantitative estimate of drug-likeness (QED) is 0.715. The van der Waals surface area contributed by atoms with Crippen LogP contribution in [0, 0.1) is 5.92 Å². The third kappa shape index (κ3) is 5.67. The number of aromatic nitrogens is 2. The van der Waals surface area contributed by atoms with Crippen LogP contribution in [-0.2, 0) is 0 Å². The van der Waals surface area contributed by atoms with Gasteiger partial charge in [-0.25, -0.2) is 9.97 Å². The molecule has 142 valence electrons. The highest BCUT2D eigenvalue weighted by molar-refractivity contribution is 5.14. The Labute approximate surface area is 154 Å². The minimum absolute atomic E-state index is 0.102. The van der Waals surface area contributed by atoms with E-state index in [1.807, 2.05) is 26.2 Å². The van der Waals surface area contributed by atoms with Crippen molar-refractivity contribution in [1.29, 1.82) is 0 Å². The van der Waals surface area contributed by atoms with E-state index in [4.69, 9.17) is 14.7 Å². The van der Waals surface area contributed by atoms with Crippen LogP contribution >= 0.6 is 0 Å². The van der Waals surface area contributed by atoms with Crippen LogP contribution in [0.2, 0.25) is 0 Å². The molecule has 1 saturated heterocycles. The van der Waals surface area contributed by atoms with Crippen molar-refractivity contribution >= 4 is 0 Å². The predicted octanol–water partition coefficient (Wildman–Crippen LogP) is 5.39. The Balaban J connectivity index is 2.30. The monoisotopic (exact) mass is 347 g/mol. The molecule has 4 heteroatoms. The van der Waals surface area contributed by atoms with Gasteiger partial charge in [0.25, 0.3) is 0 Å². The van der Waals surface area contributed by atoms with Gasteiger partial charge in [0, 0.05) is 11.6 Å². The number of hydrogen-bond acceptors (Lipinski definition) is 4. The number of nitrogens with zero attached hydrogens (tertiary/aromatic N) is 3. The van der Waals surface area contributed by atoms with Crippen molar-refractivity contribution in [2.75, 3.05) is 0 Å². The van der Waals surface area contributed by atoms with Crippen LogP contribution < -0.4 is 4.74 Å². The highest BCUT2D eigenvalue weighted by Crippen LogP contribution is 2.39. The second-order valence-electron chi connectivity index (χ2n) is 9.11. The molecule has 25 heavy (non-hydrogen) atoms. The van der Waals surface area contributed by atoms with Crippen molar-refractivity contribution in [3.8, 4) is 5.75 Å².